The Balaban J connectivity index is 0. The monoisotopic (exact) mass is 322 g/mol. The van der Waals surface area contributed by atoms with Crippen molar-refractivity contribution in [2.45, 2.75) is 12.2 Å². The number of aliphatic hydroxyl groups is 6. The van der Waals surface area contributed by atoms with Gasteiger partial charge in [0, 0.05) is 0 Å². The van der Waals surface area contributed by atoms with Crippen molar-refractivity contribution in [3.63, 3.8) is 0 Å². The molecule has 0 bridgehead atoms. The predicted octanol–water partition coefficient (Wildman–Crippen LogP) is -2.25. The van der Waals surface area contributed by atoms with Crippen LogP contribution in [0.4, 0.5) is 0 Å². The molecule has 8 N–H and O–H groups in total. The lowest BCUT2D eigenvalue weighted by Gasteiger charge is -1.96. The number of aromatic hydroxyl groups is 1. The third-order valence-electron chi connectivity index (χ3n) is 1.98. The zero-order chi connectivity index (χ0) is 17.5. The number of aromatic carboxylic acids is 1. The van der Waals surface area contributed by atoms with Gasteiger partial charge < -0.3 is 40.9 Å². The van der Waals surface area contributed by atoms with Crippen LogP contribution in [0.5, 0.6) is 5.75 Å². The molecule has 9 nitrogen and oxygen atoms in total. The Kier molecular flexibility index (Phi) is 14.5. The molecule has 0 aromatic heterocycles. The Labute approximate surface area is 127 Å². The van der Waals surface area contributed by atoms with E-state index in [1.54, 1.807) is 12.1 Å². The zero-order valence-corrected chi connectivity index (χ0v) is 11.8. The summed E-state index contributed by atoms with van der Waals surface area (Å²) in [7, 11) is 0. The van der Waals surface area contributed by atoms with Gasteiger partial charge in [-0.3, -0.25) is 0 Å². The SMILES string of the molecule is O=C(O)c1ccccc1O.OCC(O)CO.OCC(O)CO. The van der Waals surface area contributed by atoms with Crippen LogP contribution in [0, 0.1) is 0 Å². The van der Waals surface area contributed by atoms with E-state index in [1.165, 1.54) is 12.1 Å². The summed E-state index contributed by atoms with van der Waals surface area (Å²) in [4.78, 5) is 10.3. The van der Waals surface area contributed by atoms with Gasteiger partial charge in [0.1, 0.15) is 23.5 Å². The number of carboxylic acid groups (broad SMARTS) is 1. The fraction of sp³-hybridized carbons (Fsp3) is 0.462. The molecule has 128 valence electrons. The van der Waals surface area contributed by atoms with Gasteiger partial charge in [0.15, 0.2) is 0 Å². The number of para-hydroxylation sites is 1. The molecule has 0 saturated carbocycles. The minimum atomic E-state index is -1.11. The highest BCUT2D eigenvalue weighted by Gasteiger charge is 2.05. The van der Waals surface area contributed by atoms with Gasteiger partial charge in [0.25, 0.3) is 0 Å². The second-order valence-electron chi connectivity index (χ2n) is 3.86. The average Bonchev–Trinajstić information content (AvgIpc) is 2.54. The first-order valence-corrected chi connectivity index (χ1v) is 6.14. The lowest BCUT2D eigenvalue weighted by atomic mass is 10.2. The molecule has 0 aliphatic carbocycles. The van der Waals surface area contributed by atoms with Crippen molar-refractivity contribution in [1.29, 1.82) is 0 Å². The number of rotatable bonds is 5. The Morgan fingerprint density at radius 1 is 0.864 bits per heavy atom. The van der Waals surface area contributed by atoms with Crippen LogP contribution < -0.4 is 0 Å². The summed E-state index contributed by atoms with van der Waals surface area (Å²) < 4.78 is 0. The maximum absolute atomic E-state index is 10.3. The molecule has 0 heterocycles. The Morgan fingerprint density at radius 3 is 1.41 bits per heavy atom. The lowest BCUT2D eigenvalue weighted by Crippen LogP contribution is -2.15. The standard InChI is InChI=1S/C7H6O3.2C3H8O3/c8-6-4-2-1-3-5(6)7(9)10;2*4-1-3(6)2-5/h1-4,8H,(H,9,10);2*3-6H,1-2H2. The van der Waals surface area contributed by atoms with Crippen molar-refractivity contribution in [2.75, 3.05) is 26.4 Å². The molecule has 0 unspecified atom stereocenters. The average molecular weight is 322 g/mol. The van der Waals surface area contributed by atoms with E-state index >= 15 is 0 Å². The predicted molar refractivity (Wildman–Crippen MR) is 75.4 cm³/mol. The molecule has 22 heavy (non-hydrogen) atoms. The zero-order valence-electron chi connectivity index (χ0n) is 11.8. The van der Waals surface area contributed by atoms with E-state index in [9.17, 15) is 4.79 Å². The van der Waals surface area contributed by atoms with Crippen LogP contribution in [0.1, 0.15) is 10.4 Å². The number of carbonyl (C=O) groups is 1. The molecular formula is C13H22O9. The molecule has 0 amide bonds. The Morgan fingerprint density at radius 2 is 1.23 bits per heavy atom. The van der Waals surface area contributed by atoms with Crippen molar-refractivity contribution in [3.8, 4) is 5.75 Å². The highest BCUT2D eigenvalue weighted by molar-refractivity contribution is 5.90. The Hall–Kier alpha value is -1.75. The van der Waals surface area contributed by atoms with E-state index in [-0.39, 0.29) is 37.7 Å². The Bertz CT molecular complexity index is 379. The van der Waals surface area contributed by atoms with Crippen LogP contribution in [-0.2, 0) is 0 Å². The number of aliphatic hydroxyl groups excluding tert-OH is 6. The summed E-state index contributed by atoms with van der Waals surface area (Å²) in [5.41, 5.74) is -0.0671. The summed E-state index contributed by atoms with van der Waals surface area (Å²) in [5, 5.41) is 65.3. The first kappa shape index (κ1) is 22.5. The van der Waals surface area contributed by atoms with Crippen molar-refractivity contribution in [3.05, 3.63) is 29.8 Å². The number of hydrogen-bond donors (Lipinski definition) is 8. The topological polar surface area (TPSA) is 179 Å². The van der Waals surface area contributed by atoms with Crippen LogP contribution >= 0.6 is 0 Å². The van der Waals surface area contributed by atoms with Gasteiger partial charge in [-0.25, -0.2) is 4.79 Å². The van der Waals surface area contributed by atoms with Crippen LogP contribution in [-0.4, -0.2) is 85.5 Å². The van der Waals surface area contributed by atoms with Crippen molar-refractivity contribution in [1.82, 2.24) is 0 Å². The molecule has 0 atom stereocenters. The van der Waals surface area contributed by atoms with E-state index in [1.807, 2.05) is 0 Å². The van der Waals surface area contributed by atoms with Crippen molar-refractivity contribution >= 4 is 5.97 Å². The molecule has 0 fully saturated rings. The van der Waals surface area contributed by atoms with E-state index < -0.39 is 18.2 Å². The van der Waals surface area contributed by atoms with Crippen LogP contribution in [0.3, 0.4) is 0 Å². The molecule has 0 saturated heterocycles. The molecule has 1 aromatic carbocycles. The van der Waals surface area contributed by atoms with Gasteiger partial charge in [-0.2, -0.15) is 0 Å². The number of phenols is 1. The lowest BCUT2D eigenvalue weighted by molar-refractivity contribution is 0.0450. The smallest absolute Gasteiger partial charge is 0.339 e. The molecule has 1 rings (SSSR count). The van der Waals surface area contributed by atoms with Gasteiger partial charge in [0.2, 0.25) is 0 Å². The molecule has 0 aliphatic rings. The number of benzene rings is 1. The summed E-state index contributed by atoms with van der Waals surface area (Å²) in [6.07, 6.45) is -1.91. The molecule has 0 spiro atoms. The summed E-state index contributed by atoms with van der Waals surface area (Å²) in [5.74, 6) is -1.31. The fourth-order valence-corrected chi connectivity index (χ4v) is 0.770. The van der Waals surface area contributed by atoms with E-state index in [2.05, 4.69) is 0 Å². The number of hydrogen-bond acceptors (Lipinski definition) is 8. The largest absolute Gasteiger partial charge is 0.507 e. The van der Waals surface area contributed by atoms with Gasteiger partial charge in [-0.1, -0.05) is 12.1 Å². The summed E-state index contributed by atoms with van der Waals surface area (Å²) in [6.45, 7) is -1.46. The van der Waals surface area contributed by atoms with E-state index in [0.29, 0.717) is 0 Å². The van der Waals surface area contributed by atoms with Crippen LogP contribution in [0.2, 0.25) is 0 Å². The van der Waals surface area contributed by atoms with Crippen LogP contribution in [0.25, 0.3) is 0 Å². The summed E-state index contributed by atoms with van der Waals surface area (Å²) >= 11 is 0. The van der Waals surface area contributed by atoms with Gasteiger partial charge in [-0.05, 0) is 12.1 Å². The van der Waals surface area contributed by atoms with Gasteiger partial charge in [-0.15, -0.1) is 0 Å². The number of carboxylic acids is 1. The first-order chi connectivity index (χ1) is 10.3. The first-order valence-electron chi connectivity index (χ1n) is 6.14. The maximum atomic E-state index is 10.3. The molecule has 9 heteroatoms. The minimum absolute atomic E-state index is 0.0671. The third kappa shape index (κ3) is 12.0. The molecule has 1 aromatic rings. The van der Waals surface area contributed by atoms with Gasteiger partial charge >= 0.3 is 5.97 Å². The molecular weight excluding hydrogens is 300 g/mol. The molecule has 0 radical (unpaired) electrons. The second kappa shape index (κ2) is 14.2. The van der Waals surface area contributed by atoms with Crippen molar-refractivity contribution in [2.24, 2.45) is 0 Å². The van der Waals surface area contributed by atoms with Gasteiger partial charge in [0.05, 0.1) is 26.4 Å². The third-order valence-corrected chi connectivity index (χ3v) is 1.98. The van der Waals surface area contributed by atoms with Crippen molar-refractivity contribution < 1.29 is 45.6 Å². The van der Waals surface area contributed by atoms with E-state index in [4.69, 9.17) is 40.9 Å². The highest BCUT2D eigenvalue weighted by atomic mass is 16.4. The second-order valence-corrected chi connectivity index (χ2v) is 3.86. The summed E-state index contributed by atoms with van der Waals surface area (Å²) in [6, 6.07) is 5.81. The normalized spacial score (nSPS) is 9.64. The maximum Gasteiger partial charge on any atom is 0.339 e. The van der Waals surface area contributed by atoms with Crippen LogP contribution in [0.15, 0.2) is 24.3 Å². The minimum Gasteiger partial charge on any atom is -0.507 e. The quantitative estimate of drug-likeness (QED) is 0.297. The molecule has 0 aliphatic heterocycles. The highest BCUT2D eigenvalue weighted by Crippen LogP contribution is 2.14. The fourth-order valence-electron chi connectivity index (χ4n) is 0.770. The van der Waals surface area contributed by atoms with E-state index in [0.717, 1.165) is 0 Å².